The van der Waals surface area contributed by atoms with Gasteiger partial charge in [-0.2, -0.15) is 5.10 Å². The molecule has 1 aromatic carbocycles. The Bertz CT molecular complexity index is 543. The van der Waals surface area contributed by atoms with E-state index >= 15 is 0 Å². The van der Waals surface area contributed by atoms with E-state index in [-0.39, 0.29) is 0 Å². The molecule has 0 aliphatic rings. The summed E-state index contributed by atoms with van der Waals surface area (Å²) in [4.78, 5) is 10.7. The second-order valence-corrected chi connectivity index (χ2v) is 4.01. The van der Waals surface area contributed by atoms with Gasteiger partial charge in [-0.3, -0.25) is 0 Å². The molecule has 0 aliphatic carbocycles. The molecule has 0 radical (unpaired) electrons. The Morgan fingerprint density at radius 2 is 2.12 bits per heavy atom. The molecular formula is C10H10N4OS. The van der Waals surface area contributed by atoms with Gasteiger partial charge >= 0.3 is 0 Å². The number of benzene rings is 1. The summed E-state index contributed by atoms with van der Waals surface area (Å²) in [5.41, 5.74) is 1.02. The first-order valence-electron chi connectivity index (χ1n) is 4.85. The highest BCUT2D eigenvalue weighted by molar-refractivity contribution is 7.12. The van der Waals surface area contributed by atoms with Crippen molar-refractivity contribution in [3.8, 4) is 10.6 Å². The first-order chi connectivity index (χ1) is 7.85. The SMILES string of the molecule is CCn1nc(-c2ccccc2)s/c1=N/N=O. The van der Waals surface area contributed by atoms with Crippen LogP contribution in [0, 0.1) is 4.91 Å². The van der Waals surface area contributed by atoms with Gasteiger partial charge < -0.3 is 0 Å². The molecule has 0 saturated heterocycles. The molecule has 5 nitrogen and oxygen atoms in total. The Labute approximate surface area is 96.0 Å². The average molecular weight is 234 g/mol. The van der Waals surface area contributed by atoms with Crippen molar-refractivity contribution in [2.75, 3.05) is 0 Å². The van der Waals surface area contributed by atoms with Gasteiger partial charge in [-0.25, -0.2) is 4.68 Å². The molecule has 1 heterocycles. The average Bonchev–Trinajstić information content (AvgIpc) is 2.74. The molecule has 6 heteroatoms. The number of hydrogen-bond donors (Lipinski definition) is 0. The number of aryl methyl sites for hydroxylation is 1. The van der Waals surface area contributed by atoms with Gasteiger partial charge in [-0.1, -0.05) is 46.8 Å². The summed E-state index contributed by atoms with van der Waals surface area (Å²) >= 11 is 1.35. The van der Waals surface area contributed by atoms with Crippen molar-refractivity contribution >= 4 is 11.3 Å². The van der Waals surface area contributed by atoms with E-state index in [0.717, 1.165) is 10.6 Å². The third kappa shape index (κ3) is 2.06. The molecule has 82 valence electrons. The van der Waals surface area contributed by atoms with Crippen molar-refractivity contribution in [3.63, 3.8) is 0 Å². The van der Waals surface area contributed by atoms with Crippen LogP contribution in [-0.4, -0.2) is 9.78 Å². The summed E-state index contributed by atoms with van der Waals surface area (Å²) in [5.74, 6) is 0. The van der Waals surface area contributed by atoms with Gasteiger partial charge in [0.25, 0.3) is 0 Å². The lowest BCUT2D eigenvalue weighted by Gasteiger charge is -1.93. The van der Waals surface area contributed by atoms with Crippen molar-refractivity contribution in [2.24, 2.45) is 10.4 Å². The monoisotopic (exact) mass is 234 g/mol. The molecule has 1 aromatic heterocycles. The van der Waals surface area contributed by atoms with Gasteiger partial charge in [0.1, 0.15) is 5.01 Å². The fourth-order valence-corrected chi connectivity index (χ4v) is 2.24. The van der Waals surface area contributed by atoms with E-state index < -0.39 is 0 Å². The quantitative estimate of drug-likeness (QED) is 0.604. The molecule has 16 heavy (non-hydrogen) atoms. The highest BCUT2D eigenvalue weighted by Crippen LogP contribution is 2.18. The normalized spacial score (nSPS) is 11.7. The Kier molecular flexibility index (Phi) is 3.21. The second-order valence-electron chi connectivity index (χ2n) is 3.05. The second kappa shape index (κ2) is 4.80. The van der Waals surface area contributed by atoms with E-state index in [4.69, 9.17) is 0 Å². The van der Waals surface area contributed by atoms with E-state index in [1.165, 1.54) is 11.3 Å². The first-order valence-corrected chi connectivity index (χ1v) is 5.66. The zero-order valence-electron chi connectivity index (χ0n) is 8.70. The van der Waals surface area contributed by atoms with Gasteiger partial charge in [0.05, 0.1) is 5.29 Å². The number of nitrogens with zero attached hydrogens (tertiary/aromatic N) is 4. The molecule has 0 saturated carbocycles. The highest BCUT2D eigenvalue weighted by atomic mass is 32.1. The van der Waals surface area contributed by atoms with E-state index in [0.29, 0.717) is 11.3 Å². The van der Waals surface area contributed by atoms with Crippen LogP contribution < -0.4 is 4.80 Å². The topological polar surface area (TPSA) is 59.6 Å². The number of nitroso groups, excluding NO2 is 1. The summed E-state index contributed by atoms with van der Waals surface area (Å²) in [7, 11) is 0. The maximum Gasteiger partial charge on any atom is 0.232 e. The van der Waals surface area contributed by atoms with Crippen molar-refractivity contribution in [2.45, 2.75) is 13.5 Å². The van der Waals surface area contributed by atoms with Crippen LogP contribution in [0.15, 0.2) is 40.7 Å². The molecule has 0 N–H and O–H groups in total. The van der Waals surface area contributed by atoms with E-state index in [1.807, 2.05) is 37.3 Å². The lowest BCUT2D eigenvalue weighted by molar-refractivity contribution is 0.628. The van der Waals surface area contributed by atoms with Crippen LogP contribution in [0.2, 0.25) is 0 Å². The van der Waals surface area contributed by atoms with E-state index in [9.17, 15) is 4.91 Å². The molecule has 0 spiro atoms. The molecule has 2 aromatic rings. The first kappa shape index (κ1) is 10.7. The lowest BCUT2D eigenvalue weighted by Crippen LogP contribution is -2.14. The van der Waals surface area contributed by atoms with Gasteiger partial charge in [-0.15, -0.1) is 4.91 Å². The molecule has 0 fully saturated rings. The fraction of sp³-hybridized carbons (Fsp3) is 0.200. The molecule has 0 aliphatic heterocycles. The van der Waals surface area contributed by atoms with Crippen LogP contribution >= 0.6 is 11.3 Å². The summed E-state index contributed by atoms with van der Waals surface area (Å²) < 4.78 is 1.66. The Hall–Kier alpha value is -1.82. The number of rotatable bonds is 3. The lowest BCUT2D eigenvalue weighted by atomic mass is 10.2. The van der Waals surface area contributed by atoms with Crippen LogP contribution in [0.4, 0.5) is 0 Å². The molecule has 0 atom stereocenters. The van der Waals surface area contributed by atoms with Gasteiger partial charge in [-0.05, 0) is 6.92 Å². The van der Waals surface area contributed by atoms with Crippen molar-refractivity contribution < 1.29 is 0 Å². The summed E-state index contributed by atoms with van der Waals surface area (Å²) in [6, 6.07) is 9.78. The van der Waals surface area contributed by atoms with Gasteiger partial charge in [0.2, 0.25) is 4.80 Å². The minimum atomic E-state index is 0.524. The Morgan fingerprint density at radius 1 is 1.38 bits per heavy atom. The highest BCUT2D eigenvalue weighted by Gasteiger charge is 2.05. The maximum atomic E-state index is 10.1. The van der Waals surface area contributed by atoms with Gasteiger partial charge in [0, 0.05) is 12.1 Å². The fourth-order valence-electron chi connectivity index (χ4n) is 1.32. The maximum absolute atomic E-state index is 10.1. The zero-order chi connectivity index (χ0) is 11.4. The van der Waals surface area contributed by atoms with Crippen molar-refractivity contribution in [1.29, 1.82) is 0 Å². The van der Waals surface area contributed by atoms with E-state index in [1.54, 1.807) is 4.68 Å². The molecule has 0 bridgehead atoms. The largest absolute Gasteiger partial charge is 0.237 e. The predicted molar refractivity (Wildman–Crippen MR) is 62.6 cm³/mol. The minimum Gasteiger partial charge on any atom is -0.237 e. The molecule has 2 rings (SSSR count). The van der Waals surface area contributed by atoms with Crippen LogP contribution in [0.25, 0.3) is 10.6 Å². The van der Waals surface area contributed by atoms with Crippen LogP contribution in [0.1, 0.15) is 6.92 Å². The molecule has 0 unspecified atom stereocenters. The number of hydrogen-bond acceptors (Lipinski definition) is 4. The van der Waals surface area contributed by atoms with Crippen molar-refractivity contribution in [1.82, 2.24) is 9.78 Å². The standard InChI is InChI=1S/C10H10N4OS/c1-2-14-10(11-13-15)16-9(12-14)8-6-4-3-5-7-8/h3-7H,2H2,1H3/b11-10+. The third-order valence-electron chi connectivity index (χ3n) is 2.07. The van der Waals surface area contributed by atoms with E-state index in [2.05, 4.69) is 15.5 Å². The molecular weight excluding hydrogens is 224 g/mol. The number of aromatic nitrogens is 2. The minimum absolute atomic E-state index is 0.524. The summed E-state index contributed by atoms with van der Waals surface area (Å²) in [6.45, 7) is 2.61. The Morgan fingerprint density at radius 3 is 2.75 bits per heavy atom. The van der Waals surface area contributed by atoms with Crippen LogP contribution in [-0.2, 0) is 6.54 Å². The van der Waals surface area contributed by atoms with Crippen molar-refractivity contribution in [3.05, 3.63) is 40.0 Å². The predicted octanol–water partition coefficient (Wildman–Crippen LogP) is 2.21. The smallest absolute Gasteiger partial charge is 0.232 e. The molecule has 0 amide bonds. The zero-order valence-corrected chi connectivity index (χ0v) is 9.52. The van der Waals surface area contributed by atoms with Gasteiger partial charge in [0.15, 0.2) is 0 Å². The Balaban J connectivity index is 2.52. The summed E-state index contributed by atoms with van der Waals surface area (Å²) in [5, 5.41) is 11.3. The summed E-state index contributed by atoms with van der Waals surface area (Å²) in [6.07, 6.45) is 0. The van der Waals surface area contributed by atoms with Crippen LogP contribution in [0.3, 0.4) is 0 Å². The third-order valence-corrected chi connectivity index (χ3v) is 3.05. The van der Waals surface area contributed by atoms with Crippen LogP contribution in [0.5, 0.6) is 0 Å².